The van der Waals surface area contributed by atoms with E-state index in [2.05, 4.69) is 15.5 Å². The first-order valence-electron chi connectivity index (χ1n) is 7.12. The average Bonchev–Trinajstić information content (AvgIpc) is 2.24. The molecule has 0 heterocycles. The van der Waals surface area contributed by atoms with Crippen LogP contribution in [0.5, 0.6) is 0 Å². The van der Waals surface area contributed by atoms with Gasteiger partial charge >= 0.3 is 12.0 Å². The Morgan fingerprint density at radius 3 is 2.30 bits per heavy atom. The van der Waals surface area contributed by atoms with Crippen LogP contribution in [0.4, 0.5) is 4.79 Å². The molecule has 0 aromatic rings. The third-order valence-electron chi connectivity index (χ3n) is 4.23. The lowest BCUT2D eigenvalue weighted by Gasteiger charge is -2.47. The average molecular weight is 285 g/mol. The van der Waals surface area contributed by atoms with E-state index in [9.17, 15) is 9.59 Å². The number of carboxylic acids is 1. The molecule has 6 nitrogen and oxygen atoms in total. The zero-order valence-corrected chi connectivity index (χ0v) is 13.0. The van der Waals surface area contributed by atoms with Crippen molar-refractivity contribution >= 4 is 12.0 Å². The topological polar surface area (TPSA) is 81.7 Å². The van der Waals surface area contributed by atoms with Gasteiger partial charge in [0, 0.05) is 24.0 Å². The fourth-order valence-electron chi connectivity index (χ4n) is 2.45. The van der Waals surface area contributed by atoms with Gasteiger partial charge in [0.05, 0.1) is 0 Å². The standard InChI is InChI=1S/C14H27N3O3/c1-13(2,9-6-11(18)19)16-12(20)15-10-14(17(3)4)7-5-8-14/h5-10H2,1-4H3,(H,18,19)(H2,15,16,20). The Bertz CT molecular complexity index is 363. The van der Waals surface area contributed by atoms with Crippen LogP contribution in [-0.4, -0.2) is 53.7 Å². The highest BCUT2D eigenvalue weighted by Crippen LogP contribution is 2.35. The van der Waals surface area contributed by atoms with Gasteiger partial charge in [-0.05, 0) is 53.6 Å². The summed E-state index contributed by atoms with van der Waals surface area (Å²) in [5.41, 5.74) is -0.435. The predicted molar refractivity (Wildman–Crippen MR) is 77.8 cm³/mol. The van der Waals surface area contributed by atoms with Crippen molar-refractivity contribution < 1.29 is 14.7 Å². The van der Waals surface area contributed by atoms with Crippen molar-refractivity contribution in [3.63, 3.8) is 0 Å². The third-order valence-corrected chi connectivity index (χ3v) is 4.23. The predicted octanol–water partition coefficient (Wildman–Crippen LogP) is 1.41. The Labute approximate surface area is 120 Å². The molecule has 2 amide bonds. The lowest BCUT2D eigenvalue weighted by Crippen LogP contribution is -2.59. The molecule has 6 heteroatoms. The van der Waals surface area contributed by atoms with Gasteiger partial charge in [-0.3, -0.25) is 4.79 Å². The van der Waals surface area contributed by atoms with Crippen LogP contribution in [0.1, 0.15) is 46.0 Å². The Kier molecular flexibility index (Phi) is 5.39. The van der Waals surface area contributed by atoms with Crippen molar-refractivity contribution in [2.45, 2.75) is 57.0 Å². The number of aliphatic carboxylic acids is 1. The molecule has 1 fully saturated rings. The molecule has 20 heavy (non-hydrogen) atoms. The van der Waals surface area contributed by atoms with E-state index in [1.54, 1.807) is 0 Å². The molecule has 1 rings (SSSR count). The van der Waals surface area contributed by atoms with E-state index in [1.807, 2.05) is 27.9 Å². The summed E-state index contributed by atoms with van der Waals surface area (Å²) >= 11 is 0. The number of hydrogen-bond acceptors (Lipinski definition) is 3. The van der Waals surface area contributed by atoms with E-state index >= 15 is 0 Å². The number of nitrogens with zero attached hydrogens (tertiary/aromatic N) is 1. The fraction of sp³-hybridized carbons (Fsp3) is 0.857. The Morgan fingerprint density at radius 1 is 1.30 bits per heavy atom. The van der Waals surface area contributed by atoms with E-state index in [4.69, 9.17) is 5.11 Å². The molecule has 1 aliphatic carbocycles. The lowest BCUT2D eigenvalue weighted by atomic mass is 9.75. The first kappa shape index (κ1) is 16.8. The molecule has 0 aromatic heterocycles. The summed E-state index contributed by atoms with van der Waals surface area (Å²) < 4.78 is 0. The molecular weight excluding hydrogens is 258 g/mol. The van der Waals surface area contributed by atoms with E-state index in [0.717, 1.165) is 12.8 Å². The van der Waals surface area contributed by atoms with Gasteiger partial charge in [0.1, 0.15) is 0 Å². The van der Waals surface area contributed by atoms with Gasteiger partial charge in [0.25, 0.3) is 0 Å². The van der Waals surface area contributed by atoms with Gasteiger partial charge in [-0.25, -0.2) is 4.79 Å². The first-order chi connectivity index (χ1) is 9.17. The maximum Gasteiger partial charge on any atom is 0.315 e. The highest BCUT2D eigenvalue weighted by Gasteiger charge is 2.39. The Hall–Kier alpha value is -1.30. The molecule has 0 radical (unpaired) electrons. The summed E-state index contributed by atoms with van der Waals surface area (Å²) in [5, 5.41) is 14.4. The number of carbonyl (C=O) groups excluding carboxylic acids is 1. The number of carbonyl (C=O) groups is 2. The van der Waals surface area contributed by atoms with Gasteiger partial charge in [-0.1, -0.05) is 0 Å². The van der Waals surface area contributed by atoms with Crippen molar-refractivity contribution in [1.82, 2.24) is 15.5 Å². The summed E-state index contributed by atoms with van der Waals surface area (Å²) in [6, 6.07) is -0.228. The molecule has 0 bridgehead atoms. The smallest absolute Gasteiger partial charge is 0.315 e. The van der Waals surface area contributed by atoms with Crippen LogP contribution in [0.3, 0.4) is 0 Å². The number of amides is 2. The number of likely N-dealkylation sites (N-methyl/N-ethyl adjacent to an activating group) is 1. The number of urea groups is 1. The fourth-order valence-corrected chi connectivity index (χ4v) is 2.45. The van der Waals surface area contributed by atoms with E-state index in [-0.39, 0.29) is 18.0 Å². The lowest BCUT2D eigenvalue weighted by molar-refractivity contribution is -0.137. The minimum atomic E-state index is -0.846. The van der Waals surface area contributed by atoms with Gasteiger partial charge in [-0.2, -0.15) is 0 Å². The van der Waals surface area contributed by atoms with Gasteiger partial charge < -0.3 is 20.6 Å². The van der Waals surface area contributed by atoms with E-state index < -0.39 is 11.5 Å². The van der Waals surface area contributed by atoms with Crippen LogP contribution >= 0.6 is 0 Å². The minimum absolute atomic E-state index is 0.0505. The highest BCUT2D eigenvalue weighted by atomic mass is 16.4. The maximum absolute atomic E-state index is 11.9. The molecule has 0 aliphatic heterocycles. The summed E-state index contributed by atoms with van der Waals surface area (Å²) in [7, 11) is 4.07. The van der Waals surface area contributed by atoms with Crippen LogP contribution in [0, 0.1) is 0 Å². The van der Waals surface area contributed by atoms with E-state index in [1.165, 1.54) is 6.42 Å². The number of carboxylic acid groups (broad SMARTS) is 1. The van der Waals surface area contributed by atoms with E-state index in [0.29, 0.717) is 13.0 Å². The van der Waals surface area contributed by atoms with Crippen LogP contribution in [-0.2, 0) is 4.79 Å². The summed E-state index contributed by atoms with van der Waals surface area (Å²) in [4.78, 5) is 24.7. The van der Waals surface area contributed by atoms with Crippen molar-refractivity contribution in [2.75, 3.05) is 20.6 Å². The second-order valence-corrected chi connectivity index (χ2v) is 6.56. The molecule has 0 atom stereocenters. The molecule has 0 saturated heterocycles. The second kappa shape index (κ2) is 6.43. The Balaban J connectivity index is 2.37. The third kappa shape index (κ3) is 4.67. The molecule has 0 spiro atoms. The van der Waals surface area contributed by atoms with Crippen molar-refractivity contribution in [3.8, 4) is 0 Å². The SMILES string of the molecule is CN(C)C1(CNC(=O)NC(C)(C)CCC(=O)O)CCC1. The van der Waals surface area contributed by atoms with Crippen LogP contribution in [0.2, 0.25) is 0 Å². The first-order valence-corrected chi connectivity index (χ1v) is 7.12. The van der Waals surface area contributed by atoms with Gasteiger partial charge in [0.15, 0.2) is 0 Å². The Morgan fingerprint density at radius 2 is 1.90 bits per heavy atom. The van der Waals surface area contributed by atoms with Crippen molar-refractivity contribution in [3.05, 3.63) is 0 Å². The molecular formula is C14H27N3O3. The quantitative estimate of drug-likeness (QED) is 0.660. The van der Waals surface area contributed by atoms with Crippen molar-refractivity contribution in [2.24, 2.45) is 0 Å². The normalized spacial score (nSPS) is 17.4. The number of rotatable bonds is 7. The number of nitrogens with one attached hydrogen (secondary N) is 2. The molecule has 0 unspecified atom stereocenters. The molecule has 1 aliphatic rings. The largest absolute Gasteiger partial charge is 0.481 e. The zero-order valence-electron chi connectivity index (χ0n) is 13.0. The summed E-state index contributed by atoms with van der Waals surface area (Å²) in [6.45, 7) is 4.29. The maximum atomic E-state index is 11.9. The zero-order chi connectivity index (χ0) is 15.4. The minimum Gasteiger partial charge on any atom is -0.481 e. The molecule has 116 valence electrons. The molecule has 3 N–H and O–H groups in total. The van der Waals surface area contributed by atoms with Crippen LogP contribution in [0.25, 0.3) is 0 Å². The molecule has 0 aromatic carbocycles. The summed E-state index contributed by atoms with van der Waals surface area (Å²) in [6.07, 6.45) is 3.86. The van der Waals surface area contributed by atoms with Crippen LogP contribution < -0.4 is 10.6 Å². The van der Waals surface area contributed by atoms with Gasteiger partial charge in [0.2, 0.25) is 0 Å². The van der Waals surface area contributed by atoms with Gasteiger partial charge in [-0.15, -0.1) is 0 Å². The van der Waals surface area contributed by atoms with Crippen LogP contribution in [0.15, 0.2) is 0 Å². The monoisotopic (exact) mass is 285 g/mol. The highest BCUT2D eigenvalue weighted by molar-refractivity contribution is 5.75. The second-order valence-electron chi connectivity index (χ2n) is 6.56. The number of hydrogen-bond donors (Lipinski definition) is 3. The summed E-state index contributed by atoms with van der Waals surface area (Å²) in [5.74, 6) is -0.846. The van der Waals surface area contributed by atoms with Crippen molar-refractivity contribution in [1.29, 1.82) is 0 Å². The molecule has 1 saturated carbocycles.